The van der Waals surface area contributed by atoms with E-state index in [1.54, 1.807) is 0 Å². The number of carbonyl (C=O) groups is 1. The summed E-state index contributed by atoms with van der Waals surface area (Å²) in [5.41, 5.74) is 7.13. The van der Waals surface area contributed by atoms with Gasteiger partial charge in [0.05, 0.1) is 5.92 Å². The molecule has 3 saturated heterocycles. The van der Waals surface area contributed by atoms with Crippen molar-refractivity contribution in [1.29, 1.82) is 0 Å². The molecule has 6 nitrogen and oxygen atoms in total. The third kappa shape index (κ3) is 4.08. The summed E-state index contributed by atoms with van der Waals surface area (Å²) in [4.78, 5) is 23.9. The quantitative estimate of drug-likeness (QED) is 0.868. The SMILES string of the molecule is NC1CN(C(=O)[C@H]2CCCN(C3CCN(Cc4cccnc4)CC3)C2)C1. The molecular formula is C20H31N5O. The summed E-state index contributed by atoms with van der Waals surface area (Å²) in [6.45, 7) is 6.86. The number of likely N-dealkylation sites (tertiary alicyclic amines) is 3. The first-order valence-corrected chi connectivity index (χ1v) is 10.1. The molecule has 0 aliphatic carbocycles. The summed E-state index contributed by atoms with van der Waals surface area (Å²) >= 11 is 0. The lowest BCUT2D eigenvalue weighted by atomic mass is 9.91. The van der Waals surface area contributed by atoms with Crippen LogP contribution in [0.1, 0.15) is 31.2 Å². The van der Waals surface area contributed by atoms with Crippen LogP contribution in [0.5, 0.6) is 0 Å². The summed E-state index contributed by atoms with van der Waals surface area (Å²) in [6, 6.07) is 5.00. The van der Waals surface area contributed by atoms with Crippen LogP contribution in [0, 0.1) is 5.92 Å². The summed E-state index contributed by atoms with van der Waals surface area (Å²) in [5.74, 6) is 0.523. The predicted octanol–water partition coefficient (Wildman–Crippen LogP) is 0.928. The van der Waals surface area contributed by atoms with Gasteiger partial charge in [0, 0.05) is 50.7 Å². The highest BCUT2D eigenvalue weighted by Crippen LogP contribution is 2.26. The molecule has 0 saturated carbocycles. The van der Waals surface area contributed by atoms with Gasteiger partial charge in [-0.25, -0.2) is 0 Å². The lowest BCUT2D eigenvalue weighted by molar-refractivity contribution is -0.142. The van der Waals surface area contributed by atoms with Crippen molar-refractivity contribution in [3.8, 4) is 0 Å². The van der Waals surface area contributed by atoms with Crippen molar-refractivity contribution in [2.24, 2.45) is 11.7 Å². The van der Waals surface area contributed by atoms with E-state index in [0.717, 1.165) is 58.7 Å². The fourth-order valence-electron chi connectivity index (χ4n) is 4.68. The highest BCUT2D eigenvalue weighted by molar-refractivity contribution is 5.80. The van der Waals surface area contributed by atoms with Crippen LogP contribution < -0.4 is 5.73 Å². The topological polar surface area (TPSA) is 65.7 Å². The lowest BCUT2D eigenvalue weighted by Crippen LogP contribution is -2.60. The second kappa shape index (κ2) is 8.03. The molecule has 3 aliphatic heterocycles. The maximum absolute atomic E-state index is 12.6. The van der Waals surface area contributed by atoms with Crippen molar-refractivity contribution in [3.05, 3.63) is 30.1 Å². The molecule has 0 radical (unpaired) electrons. The Morgan fingerprint density at radius 2 is 1.96 bits per heavy atom. The van der Waals surface area contributed by atoms with Crippen molar-refractivity contribution >= 4 is 5.91 Å². The van der Waals surface area contributed by atoms with Crippen LogP contribution in [0.15, 0.2) is 24.5 Å². The Labute approximate surface area is 156 Å². The molecule has 2 N–H and O–H groups in total. The maximum Gasteiger partial charge on any atom is 0.227 e. The minimum atomic E-state index is 0.185. The van der Waals surface area contributed by atoms with Crippen LogP contribution in [0.25, 0.3) is 0 Å². The molecule has 142 valence electrons. The summed E-state index contributed by atoms with van der Waals surface area (Å²) in [6.07, 6.45) is 8.39. The largest absolute Gasteiger partial charge is 0.339 e. The standard InChI is InChI=1S/C20H31N5O/c21-18-14-25(15-18)20(26)17-4-2-8-24(13-17)19-5-9-23(10-6-19)12-16-3-1-7-22-11-16/h1,3,7,11,17-19H,2,4-6,8-10,12-15,21H2/t17-/m0/s1. The van der Waals surface area contributed by atoms with Gasteiger partial charge in [-0.05, 0) is 56.9 Å². The Bertz CT molecular complexity index is 595. The van der Waals surface area contributed by atoms with Crippen LogP contribution in [-0.2, 0) is 11.3 Å². The van der Waals surface area contributed by atoms with Crippen molar-refractivity contribution < 1.29 is 4.79 Å². The molecular weight excluding hydrogens is 326 g/mol. The number of carbonyl (C=O) groups excluding carboxylic acids is 1. The molecule has 0 spiro atoms. The van der Waals surface area contributed by atoms with Crippen molar-refractivity contribution in [3.63, 3.8) is 0 Å². The van der Waals surface area contributed by atoms with Crippen molar-refractivity contribution in [1.82, 2.24) is 19.7 Å². The number of amides is 1. The van der Waals surface area contributed by atoms with Gasteiger partial charge in [0.1, 0.15) is 0 Å². The third-order valence-electron chi connectivity index (χ3n) is 6.23. The van der Waals surface area contributed by atoms with Gasteiger partial charge in [0.2, 0.25) is 5.91 Å². The van der Waals surface area contributed by atoms with E-state index < -0.39 is 0 Å². The van der Waals surface area contributed by atoms with E-state index in [9.17, 15) is 4.79 Å². The average molecular weight is 358 g/mol. The Morgan fingerprint density at radius 3 is 2.65 bits per heavy atom. The van der Waals surface area contributed by atoms with Crippen molar-refractivity contribution in [2.45, 2.75) is 44.3 Å². The van der Waals surface area contributed by atoms with Crippen LogP contribution in [0.4, 0.5) is 0 Å². The number of aromatic nitrogens is 1. The number of rotatable bonds is 4. The monoisotopic (exact) mass is 357 g/mol. The molecule has 0 unspecified atom stereocenters. The van der Waals surface area contributed by atoms with Gasteiger partial charge in [-0.3, -0.25) is 19.6 Å². The molecule has 4 heterocycles. The first-order valence-electron chi connectivity index (χ1n) is 10.1. The minimum absolute atomic E-state index is 0.185. The van der Waals surface area contributed by atoms with Gasteiger partial charge in [-0.1, -0.05) is 6.07 Å². The van der Waals surface area contributed by atoms with Crippen LogP contribution in [-0.4, -0.2) is 76.9 Å². The number of piperidine rings is 2. The van der Waals surface area contributed by atoms with Gasteiger partial charge < -0.3 is 10.6 Å². The molecule has 1 aromatic rings. The zero-order valence-corrected chi connectivity index (χ0v) is 15.6. The van der Waals surface area contributed by atoms with Gasteiger partial charge in [-0.2, -0.15) is 0 Å². The van der Waals surface area contributed by atoms with E-state index in [2.05, 4.69) is 20.9 Å². The zero-order valence-electron chi connectivity index (χ0n) is 15.6. The van der Waals surface area contributed by atoms with E-state index in [1.165, 1.54) is 18.4 Å². The molecule has 1 amide bonds. The number of nitrogens with zero attached hydrogens (tertiary/aromatic N) is 4. The van der Waals surface area contributed by atoms with Crippen LogP contribution in [0.2, 0.25) is 0 Å². The fraction of sp³-hybridized carbons (Fsp3) is 0.700. The molecule has 0 aromatic carbocycles. The number of hydrogen-bond donors (Lipinski definition) is 1. The Balaban J connectivity index is 1.25. The second-order valence-corrected chi connectivity index (χ2v) is 8.21. The highest BCUT2D eigenvalue weighted by Gasteiger charge is 2.36. The second-order valence-electron chi connectivity index (χ2n) is 8.21. The zero-order chi connectivity index (χ0) is 17.9. The van der Waals surface area contributed by atoms with Gasteiger partial charge in [0.15, 0.2) is 0 Å². The van der Waals surface area contributed by atoms with Crippen molar-refractivity contribution in [2.75, 3.05) is 39.3 Å². The van der Waals surface area contributed by atoms with E-state index in [-0.39, 0.29) is 12.0 Å². The normalized spacial score (nSPS) is 26.7. The maximum atomic E-state index is 12.6. The molecule has 3 aliphatic rings. The Morgan fingerprint density at radius 1 is 1.15 bits per heavy atom. The van der Waals surface area contributed by atoms with Crippen LogP contribution in [0.3, 0.4) is 0 Å². The molecule has 0 bridgehead atoms. The third-order valence-corrected chi connectivity index (χ3v) is 6.23. The van der Waals surface area contributed by atoms with E-state index >= 15 is 0 Å². The minimum Gasteiger partial charge on any atom is -0.339 e. The average Bonchev–Trinajstić information content (AvgIpc) is 2.66. The number of nitrogens with two attached hydrogens (primary N) is 1. The predicted molar refractivity (Wildman–Crippen MR) is 101 cm³/mol. The Hall–Kier alpha value is -1.50. The molecule has 6 heteroatoms. The van der Waals surface area contributed by atoms with E-state index in [1.807, 2.05) is 23.4 Å². The highest BCUT2D eigenvalue weighted by atomic mass is 16.2. The molecule has 1 aromatic heterocycles. The summed E-state index contributed by atoms with van der Waals surface area (Å²) < 4.78 is 0. The van der Waals surface area contributed by atoms with Gasteiger partial charge in [-0.15, -0.1) is 0 Å². The smallest absolute Gasteiger partial charge is 0.227 e. The number of hydrogen-bond acceptors (Lipinski definition) is 5. The Kier molecular flexibility index (Phi) is 5.52. The first-order chi connectivity index (χ1) is 12.7. The van der Waals surface area contributed by atoms with Crippen LogP contribution >= 0.6 is 0 Å². The summed E-state index contributed by atoms with van der Waals surface area (Å²) in [5, 5.41) is 0. The molecule has 4 rings (SSSR count). The molecule has 26 heavy (non-hydrogen) atoms. The van der Waals surface area contributed by atoms with E-state index in [0.29, 0.717) is 11.9 Å². The fourth-order valence-corrected chi connectivity index (χ4v) is 4.68. The van der Waals surface area contributed by atoms with Gasteiger partial charge >= 0.3 is 0 Å². The molecule has 1 atom stereocenters. The van der Waals surface area contributed by atoms with Gasteiger partial charge in [0.25, 0.3) is 0 Å². The first kappa shape index (κ1) is 17.9. The lowest BCUT2D eigenvalue weighted by Gasteiger charge is -2.44. The molecule has 3 fully saturated rings. The number of pyridine rings is 1. The van der Waals surface area contributed by atoms with E-state index in [4.69, 9.17) is 5.73 Å². The summed E-state index contributed by atoms with van der Waals surface area (Å²) in [7, 11) is 0.